The van der Waals surface area contributed by atoms with E-state index in [9.17, 15) is 22.8 Å². The van der Waals surface area contributed by atoms with Crippen molar-refractivity contribution in [2.24, 2.45) is 0 Å². The number of halogens is 4. The van der Waals surface area contributed by atoms with Crippen LogP contribution in [0.1, 0.15) is 110 Å². The molecule has 1 atom stereocenters. The number of carbonyl (C=O) groups is 2. The smallest absolute Gasteiger partial charge is 0.331 e. The molecule has 6 rings (SSSR count). The maximum atomic E-state index is 14.0. The lowest BCUT2D eigenvalue weighted by Crippen LogP contribution is -2.55. The molecule has 236 valence electrons. The lowest BCUT2D eigenvalue weighted by Gasteiger charge is -2.41. The summed E-state index contributed by atoms with van der Waals surface area (Å²) in [6.07, 6.45) is 5.22. The van der Waals surface area contributed by atoms with Crippen molar-refractivity contribution in [1.29, 1.82) is 0 Å². The van der Waals surface area contributed by atoms with Gasteiger partial charge in [-0.3, -0.25) is 14.5 Å². The Balaban J connectivity index is 0.00000368. The van der Waals surface area contributed by atoms with Crippen molar-refractivity contribution in [3.05, 3.63) is 52.8 Å². The van der Waals surface area contributed by atoms with Crippen molar-refractivity contribution < 1.29 is 22.8 Å². The molecule has 4 aliphatic rings. The van der Waals surface area contributed by atoms with Crippen LogP contribution in [0.25, 0.3) is 0 Å². The van der Waals surface area contributed by atoms with E-state index in [4.69, 9.17) is 5.10 Å². The summed E-state index contributed by atoms with van der Waals surface area (Å²) in [6, 6.07) is 5.16. The number of aromatic nitrogens is 2. The first kappa shape index (κ1) is 31.6. The Morgan fingerprint density at radius 1 is 0.930 bits per heavy atom. The lowest BCUT2D eigenvalue weighted by molar-refractivity contribution is -0.138. The van der Waals surface area contributed by atoms with Crippen molar-refractivity contribution in [2.45, 2.75) is 88.9 Å². The largest absolute Gasteiger partial charge is 0.416 e. The number of hydrogen-bond donors (Lipinski definition) is 0. The fourth-order valence-corrected chi connectivity index (χ4v) is 7.16. The minimum atomic E-state index is -4.48. The molecule has 2 aromatic rings. The average molecular weight is 623 g/mol. The van der Waals surface area contributed by atoms with Gasteiger partial charge in [-0.15, -0.1) is 12.4 Å². The molecule has 1 aromatic heterocycles. The molecule has 1 saturated carbocycles. The first-order valence-electron chi connectivity index (χ1n) is 15.6. The third-order valence-corrected chi connectivity index (χ3v) is 9.44. The van der Waals surface area contributed by atoms with Crippen LogP contribution in [0.15, 0.2) is 30.5 Å². The topological polar surface area (TPSA) is 64.9 Å². The van der Waals surface area contributed by atoms with Gasteiger partial charge in [0, 0.05) is 45.2 Å². The van der Waals surface area contributed by atoms with Crippen LogP contribution in [0.4, 0.5) is 18.0 Å². The van der Waals surface area contributed by atoms with Crippen molar-refractivity contribution >= 4 is 24.3 Å². The predicted octanol–water partition coefficient (Wildman–Crippen LogP) is 6.66. The minimum absolute atomic E-state index is 0. The molecular formula is C31H42ClF3N6O2. The Morgan fingerprint density at radius 2 is 1.63 bits per heavy atom. The van der Waals surface area contributed by atoms with E-state index >= 15 is 0 Å². The summed E-state index contributed by atoms with van der Waals surface area (Å²) in [7, 11) is 0. The molecule has 4 heterocycles. The third-order valence-electron chi connectivity index (χ3n) is 9.44. The molecule has 12 heteroatoms. The standard InChI is InChI=1S/C31H41F3N6O2.ClH/c1-2-39(37-16-6-3-7-17-37)30(42)36-19-14-23(15-20-36)40-28(22-12-13-22)25(21-35-40)29(41)38-18-8-11-27(38)24-9-4-5-10-26(24)31(32,33)34;/h4-5,9-10,21-23,27H,2-3,6-8,11-20H2,1H3;1H. The molecule has 1 unspecified atom stereocenters. The van der Waals surface area contributed by atoms with Gasteiger partial charge in [0.25, 0.3) is 5.91 Å². The highest BCUT2D eigenvalue weighted by Crippen LogP contribution is 2.45. The van der Waals surface area contributed by atoms with Gasteiger partial charge in [0.05, 0.1) is 35.1 Å². The van der Waals surface area contributed by atoms with E-state index in [0.29, 0.717) is 44.6 Å². The highest BCUT2D eigenvalue weighted by atomic mass is 35.5. The van der Waals surface area contributed by atoms with Gasteiger partial charge in [-0.2, -0.15) is 18.3 Å². The second-order valence-electron chi connectivity index (χ2n) is 12.1. The number of hydrazine groups is 1. The summed E-state index contributed by atoms with van der Waals surface area (Å²) >= 11 is 0. The van der Waals surface area contributed by atoms with Crippen LogP contribution in [0, 0.1) is 0 Å². The molecule has 0 spiro atoms. The molecule has 3 aliphatic heterocycles. The number of amides is 3. The number of hydrogen-bond acceptors (Lipinski definition) is 4. The summed E-state index contributed by atoms with van der Waals surface area (Å²) in [6.45, 7) is 6.20. The van der Waals surface area contributed by atoms with E-state index in [1.165, 1.54) is 18.6 Å². The van der Waals surface area contributed by atoms with Crippen LogP contribution in [-0.2, 0) is 6.18 Å². The number of benzene rings is 1. The van der Waals surface area contributed by atoms with Crippen LogP contribution in [0.2, 0.25) is 0 Å². The number of nitrogens with zero attached hydrogens (tertiary/aromatic N) is 6. The van der Waals surface area contributed by atoms with Gasteiger partial charge >= 0.3 is 12.2 Å². The average Bonchev–Trinajstić information content (AvgIpc) is 3.55. The Hall–Kier alpha value is -2.79. The van der Waals surface area contributed by atoms with Gasteiger partial charge < -0.3 is 9.80 Å². The molecule has 0 radical (unpaired) electrons. The van der Waals surface area contributed by atoms with E-state index in [1.807, 2.05) is 21.5 Å². The van der Waals surface area contributed by atoms with Gasteiger partial charge in [-0.1, -0.05) is 24.6 Å². The fourth-order valence-electron chi connectivity index (χ4n) is 7.16. The second-order valence-corrected chi connectivity index (χ2v) is 12.1. The quantitative estimate of drug-likeness (QED) is 0.362. The van der Waals surface area contributed by atoms with Crippen LogP contribution in [0.5, 0.6) is 0 Å². The SMILES string of the molecule is CCN(C(=O)N1CCC(n2ncc(C(=O)N3CCCC3c3ccccc3C(F)(F)F)c2C2CC2)CC1)N1CCCCC1.Cl. The molecule has 4 fully saturated rings. The van der Waals surface area contributed by atoms with Crippen molar-refractivity contribution in [2.75, 3.05) is 39.3 Å². The number of alkyl halides is 3. The minimum Gasteiger partial charge on any atom is -0.331 e. The van der Waals surface area contributed by atoms with E-state index in [1.54, 1.807) is 17.2 Å². The fraction of sp³-hybridized carbons (Fsp3) is 0.645. The molecule has 1 aliphatic carbocycles. The summed E-state index contributed by atoms with van der Waals surface area (Å²) in [4.78, 5) is 30.9. The van der Waals surface area contributed by atoms with Crippen molar-refractivity contribution in [1.82, 2.24) is 29.6 Å². The lowest BCUT2D eigenvalue weighted by atomic mass is 9.97. The van der Waals surface area contributed by atoms with Gasteiger partial charge in [0.2, 0.25) is 0 Å². The number of rotatable bonds is 6. The Kier molecular flexibility index (Phi) is 9.61. The van der Waals surface area contributed by atoms with Crippen LogP contribution in [-0.4, -0.2) is 80.8 Å². The summed E-state index contributed by atoms with van der Waals surface area (Å²) in [5.41, 5.74) is 0.938. The monoisotopic (exact) mass is 622 g/mol. The first-order valence-corrected chi connectivity index (χ1v) is 15.6. The molecule has 8 nitrogen and oxygen atoms in total. The number of carbonyl (C=O) groups excluding carboxylic acids is 2. The van der Waals surface area contributed by atoms with Crippen LogP contribution >= 0.6 is 12.4 Å². The number of urea groups is 1. The van der Waals surface area contributed by atoms with E-state index in [2.05, 4.69) is 5.01 Å². The van der Waals surface area contributed by atoms with Gasteiger partial charge in [-0.05, 0) is 69.9 Å². The zero-order chi connectivity index (χ0) is 29.4. The predicted molar refractivity (Wildman–Crippen MR) is 159 cm³/mol. The summed E-state index contributed by atoms with van der Waals surface area (Å²) in [5, 5.41) is 8.79. The Bertz CT molecular complexity index is 1280. The molecular weight excluding hydrogens is 581 g/mol. The third kappa shape index (κ3) is 6.38. The van der Waals surface area contributed by atoms with Gasteiger partial charge in [0.1, 0.15) is 0 Å². The first-order chi connectivity index (χ1) is 20.3. The molecule has 3 saturated heterocycles. The van der Waals surface area contributed by atoms with Gasteiger partial charge in [-0.25, -0.2) is 9.80 Å². The highest BCUT2D eigenvalue weighted by Gasteiger charge is 2.42. The zero-order valence-corrected chi connectivity index (χ0v) is 25.6. The second kappa shape index (κ2) is 13.1. The van der Waals surface area contributed by atoms with Gasteiger partial charge in [0.15, 0.2) is 0 Å². The molecule has 0 bridgehead atoms. The molecule has 0 N–H and O–H groups in total. The maximum absolute atomic E-state index is 14.0. The maximum Gasteiger partial charge on any atom is 0.416 e. The molecule has 43 heavy (non-hydrogen) atoms. The van der Waals surface area contributed by atoms with E-state index < -0.39 is 17.8 Å². The molecule has 1 aromatic carbocycles. The highest BCUT2D eigenvalue weighted by molar-refractivity contribution is 5.96. The Labute approximate surface area is 257 Å². The summed E-state index contributed by atoms with van der Waals surface area (Å²) < 4.78 is 43.5. The van der Waals surface area contributed by atoms with E-state index in [-0.39, 0.29) is 41.9 Å². The van der Waals surface area contributed by atoms with E-state index in [0.717, 1.165) is 63.4 Å². The molecule has 3 amide bonds. The zero-order valence-electron chi connectivity index (χ0n) is 24.8. The number of likely N-dealkylation sites (tertiary alicyclic amines) is 2. The summed E-state index contributed by atoms with van der Waals surface area (Å²) in [5.74, 6) is 0.0136. The normalized spacial score (nSPS) is 22.0. The Morgan fingerprint density at radius 3 is 2.28 bits per heavy atom. The van der Waals surface area contributed by atoms with Crippen LogP contribution in [0.3, 0.4) is 0 Å². The van der Waals surface area contributed by atoms with Crippen molar-refractivity contribution in [3.63, 3.8) is 0 Å². The van der Waals surface area contributed by atoms with Crippen LogP contribution < -0.4 is 0 Å². The number of piperidine rings is 2. The van der Waals surface area contributed by atoms with Crippen molar-refractivity contribution in [3.8, 4) is 0 Å².